The average Bonchev–Trinajstić information content (AvgIpc) is 2.92. The lowest BCUT2D eigenvalue weighted by Crippen LogP contribution is -2.33. The van der Waals surface area contributed by atoms with Crippen LogP contribution in [0.1, 0.15) is 30.1 Å². The number of esters is 1. The quantitative estimate of drug-likeness (QED) is 0.843. The number of nitrogens with one attached hydrogen (secondary N) is 1. The highest BCUT2D eigenvalue weighted by Crippen LogP contribution is 2.21. The molecular weight excluding hydrogens is 272 g/mol. The first-order chi connectivity index (χ1) is 10.0. The number of ether oxygens (including phenoxy) is 1. The van der Waals surface area contributed by atoms with E-state index in [2.05, 4.69) is 5.32 Å². The second-order valence-electron chi connectivity index (χ2n) is 4.86. The number of benzene rings is 1. The fourth-order valence-corrected chi connectivity index (χ4v) is 2.18. The Morgan fingerprint density at radius 1 is 1.29 bits per heavy atom. The highest BCUT2D eigenvalue weighted by molar-refractivity contribution is 5.96. The fourth-order valence-electron chi connectivity index (χ4n) is 2.18. The molecule has 21 heavy (non-hydrogen) atoms. The monoisotopic (exact) mass is 290 g/mol. The van der Waals surface area contributed by atoms with Crippen molar-refractivity contribution in [3.63, 3.8) is 0 Å². The van der Waals surface area contributed by atoms with Crippen molar-refractivity contribution >= 4 is 23.5 Å². The van der Waals surface area contributed by atoms with Crippen LogP contribution in [0.25, 0.3) is 0 Å². The summed E-state index contributed by atoms with van der Waals surface area (Å²) in [4.78, 5) is 36.5. The van der Waals surface area contributed by atoms with Gasteiger partial charge in [-0.2, -0.15) is 0 Å². The Bertz CT molecular complexity index is 553. The van der Waals surface area contributed by atoms with E-state index in [1.807, 2.05) is 0 Å². The minimum absolute atomic E-state index is 0.0959. The van der Waals surface area contributed by atoms with Crippen molar-refractivity contribution < 1.29 is 19.1 Å². The lowest BCUT2D eigenvalue weighted by Gasteiger charge is -2.16. The van der Waals surface area contributed by atoms with Gasteiger partial charge < -0.3 is 15.0 Å². The van der Waals surface area contributed by atoms with Crippen LogP contribution >= 0.6 is 0 Å². The number of carbonyl (C=O) groups is 3. The summed E-state index contributed by atoms with van der Waals surface area (Å²) in [6, 6.07) is 6.62. The smallest absolute Gasteiger partial charge is 0.338 e. The van der Waals surface area contributed by atoms with E-state index in [4.69, 9.17) is 4.74 Å². The number of hydrogen-bond acceptors (Lipinski definition) is 4. The molecule has 0 spiro atoms. The van der Waals surface area contributed by atoms with Crippen molar-refractivity contribution in [1.82, 2.24) is 5.32 Å². The Morgan fingerprint density at radius 3 is 2.48 bits per heavy atom. The molecule has 1 fully saturated rings. The number of carbonyl (C=O) groups excluding carboxylic acids is 3. The predicted octanol–water partition coefficient (Wildman–Crippen LogP) is 1.10. The summed E-state index contributed by atoms with van der Waals surface area (Å²) < 4.78 is 5.04. The summed E-state index contributed by atoms with van der Waals surface area (Å²) in [5.41, 5.74) is 1.12. The lowest BCUT2D eigenvalue weighted by atomic mass is 10.2. The molecule has 0 radical (unpaired) electrons. The Balaban J connectivity index is 2.03. The van der Waals surface area contributed by atoms with Gasteiger partial charge in [-0.15, -0.1) is 0 Å². The zero-order chi connectivity index (χ0) is 15.4. The second-order valence-corrected chi connectivity index (χ2v) is 4.86. The summed E-state index contributed by atoms with van der Waals surface area (Å²) in [6.07, 6.45) is 0.571. The van der Waals surface area contributed by atoms with Crippen LogP contribution in [-0.4, -0.2) is 37.5 Å². The molecule has 112 valence electrons. The van der Waals surface area contributed by atoms with E-state index in [0.29, 0.717) is 18.5 Å². The molecule has 0 aromatic heterocycles. The van der Waals surface area contributed by atoms with Crippen LogP contribution in [0, 0.1) is 0 Å². The van der Waals surface area contributed by atoms with Gasteiger partial charge in [0.1, 0.15) is 0 Å². The first-order valence-corrected chi connectivity index (χ1v) is 6.86. The molecule has 1 aromatic rings. The summed E-state index contributed by atoms with van der Waals surface area (Å²) in [7, 11) is 1.48. The van der Waals surface area contributed by atoms with Crippen molar-refractivity contribution in [2.75, 3.05) is 18.5 Å². The van der Waals surface area contributed by atoms with Gasteiger partial charge in [0.15, 0.2) is 6.10 Å². The molecule has 1 aliphatic rings. The van der Waals surface area contributed by atoms with Crippen LogP contribution in [0.4, 0.5) is 5.69 Å². The van der Waals surface area contributed by atoms with Crippen LogP contribution < -0.4 is 10.2 Å². The maximum Gasteiger partial charge on any atom is 0.338 e. The molecule has 1 saturated heterocycles. The Labute approximate surface area is 123 Å². The molecule has 1 aliphatic heterocycles. The van der Waals surface area contributed by atoms with Crippen molar-refractivity contribution in [3.8, 4) is 0 Å². The molecule has 1 atom stereocenters. The van der Waals surface area contributed by atoms with Gasteiger partial charge in [0.25, 0.3) is 5.91 Å². The largest absolute Gasteiger partial charge is 0.449 e. The molecule has 1 N–H and O–H groups in total. The number of nitrogens with zero attached hydrogens (tertiary/aromatic N) is 1. The molecule has 6 heteroatoms. The fraction of sp³-hybridized carbons (Fsp3) is 0.400. The van der Waals surface area contributed by atoms with Gasteiger partial charge in [-0.05, 0) is 37.6 Å². The molecule has 0 aliphatic carbocycles. The SMILES string of the molecule is CNC(=O)[C@@H](C)OC(=O)c1ccc(N2CCCC2=O)cc1. The number of amides is 2. The van der Waals surface area contributed by atoms with Gasteiger partial charge in [0.2, 0.25) is 5.91 Å². The Morgan fingerprint density at radius 2 is 1.95 bits per heavy atom. The van der Waals surface area contributed by atoms with Gasteiger partial charge >= 0.3 is 5.97 Å². The third-order valence-corrected chi connectivity index (χ3v) is 3.39. The molecule has 0 unspecified atom stereocenters. The molecule has 0 bridgehead atoms. The van der Waals surface area contributed by atoms with Crippen LogP contribution in [-0.2, 0) is 14.3 Å². The van der Waals surface area contributed by atoms with Gasteiger partial charge in [-0.3, -0.25) is 9.59 Å². The van der Waals surface area contributed by atoms with E-state index >= 15 is 0 Å². The molecular formula is C15H18N2O4. The summed E-state index contributed by atoms with van der Waals surface area (Å²) in [5, 5.41) is 2.41. The Kier molecular flexibility index (Phi) is 4.57. The highest BCUT2D eigenvalue weighted by atomic mass is 16.5. The first kappa shape index (κ1) is 15.0. The van der Waals surface area contributed by atoms with E-state index in [0.717, 1.165) is 12.1 Å². The van der Waals surface area contributed by atoms with Crippen molar-refractivity contribution in [2.45, 2.75) is 25.9 Å². The molecule has 2 rings (SSSR count). The topological polar surface area (TPSA) is 75.7 Å². The van der Waals surface area contributed by atoms with Crippen molar-refractivity contribution in [3.05, 3.63) is 29.8 Å². The second kappa shape index (κ2) is 6.39. The molecule has 1 heterocycles. The van der Waals surface area contributed by atoms with E-state index in [1.165, 1.54) is 14.0 Å². The number of anilines is 1. The van der Waals surface area contributed by atoms with Crippen LogP contribution in [0.3, 0.4) is 0 Å². The van der Waals surface area contributed by atoms with E-state index in [9.17, 15) is 14.4 Å². The number of likely N-dealkylation sites (N-methyl/N-ethyl adjacent to an activating group) is 1. The minimum Gasteiger partial charge on any atom is -0.449 e. The van der Waals surface area contributed by atoms with Gasteiger partial charge in [-0.25, -0.2) is 4.79 Å². The summed E-state index contributed by atoms with van der Waals surface area (Å²) in [6.45, 7) is 2.21. The number of rotatable bonds is 4. The zero-order valence-electron chi connectivity index (χ0n) is 12.1. The van der Waals surface area contributed by atoms with Crippen LogP contribution in [0.5, 0.6) is 0 Å². The molecule has 2 amide bonds. The molecule has 0 saturated carbocycles. The van der Waals surface area contributed by atoms with Gasteiger partial charge in [0.05, 0.1) is 5.56 Å². The van der Waals surface area contributed by atoms with Crippen molar-refractivity contribution in [2.24, 2.45) is 0 Å². The van der Waals surface area contributed by atoms with E-state index in [-0.39, 0.29) is 11.8 Å². The first-order valence-electron chi connectivity index (χ1n) is 6.86. The van der Waals surface area contributed by atoms with Crippen LogP contribution in [0.15, 0.2) is 24.3 Å². The highest BCUT2D eigenvalue weighted by Gasteiger charge is 2.22. The third-order valence-electron chi connectivity index (χ3n) is 3.39. The average molecular weight is 290 g/mol. The maximum absolute atomic E-state index is 11.9. The predicted molar refractivity (Wildman–Crippen MR) is 77.0 cm³/mol. The van der Waals surface area contributed by atoms with E-state index in [1.54, 1.807) is 29.2 Å². The summed E-state index contributed by atoms with van der Waals surface area (Å²) in [5.74, 6) is -0.827. The maximum atomic E-state index is 11.9. The zero-order valence-corrected chi connectivity index (χ0v) is 12.1. The standard InChI is InChI=1S/C15H18N2O4/c1-10(14(19)16-2)21-15(20)11-5-7-12(8-6-11)17-9-3-4-13(17)18/h5-8,10H,3-4,9H2,1-2H3,(H,16,19)/t10-/m1/s1. The molecule has 6 nitrogen and oxygen atoms in total. The number of hydrogen-bond donors (Lipinski definition) is 1. The lowest BCUT2D eigenvalue weighted by molar-refractivity contribution is -0.128. The third kappa shape index (κ3) is 3.39. The normalized spacial score (nSPS) is 15.7. The van der Waals surface area contributed by atoms with Gasteiger partial charge in [0, 0.05) is 25.7 Å². The Hall–Kier alpha value is -2.37. The summed E-state index contributed by atoms with van der Waals surface area (Å²) >= 11 is 0. The van der Waals surface area contributed by atoms with Gasteiger partial charge in [-0.1, -0.05) is 0 Å². The minimum atomic E-state index is -0.845. The van der Waals surface area contributed by atoms with Crippen LogP contribution in [0.2, 0.25) is 0 Å². The molecule has 1 aromatic carbocycles. The van der Waals surface area contributed by atoms with E-state index < -0.39 is 12.1 Å². The van der Waals surface area contributed by atoms with Crippen molar-refractivity contribution in [1.29, 1.82) is 0 Å².